The maximum atomic E-state index is 13.5. The van der Waals surface area contributed by atoms with Crippen LogP contribution in [0.2, 0.25) is 0 Å². The van der Waals surface area contributed by atoms with Crippen LogP contribution in [0.15, 0.2) is 12.1 Å². The fourth-order valence-electron chi connectivity index (χ4n) is 2.18. The zero-order valence-corrected chi connectivity index (χ0v) is 12.5. The predicted molar refractivity (Wildman–Crippen MR) is 79.9 cm³/mol. The van der Waals surface area contributed by atoms with Crippen molar-refractivity contribution in [1.82, 2.24) is 4.90 Å². The molecular formula is C12H15FIN3O2. The lowest BCUT2D eigenvalue weighted by molar-refractivity contribution is -0.384. The van der Waals surface area contributed by atoms with Crippen LogP contribution in [0, 0.1) is 19.5 Å². The first-order chi connectivity index (χ1) is 9.08. The highest BCUT2D eigenvalue weighted by Gasteiger charge is 2.18. The number of likely N-dealkylation sites (tertiary alicyclic amines) is 1. The number of nitro groups is 1. The first-order valence-corrected chi connectivity index (χ1v) is 7.25. The Bertz CT molecular complexity index is 478. The van der Waals surface area contributed by atoms with Gasteiger partial charge in [0.05, 0.1) is 8.49 Å². The summed E-state index contributed by atoms with van der Waals surface area (Å²) < 4.78 is 13.7. The lowest BCUT2D eigenvalue weighted by Gasteiger charge is -2.15. The fourth-order valence-corrected chi connectivity index (χ4v) is 2.63. The SMILES string of the molecule is O=[N+]([O-])c1cc(I)c(F)cc1NCCN1CCCC1. The molecule has 0 unspecified atom stereocenters. The highest BCUT2D eigenvalue weighted by Crippen LogP contribution is 2.28. The van der Waals surface area contributed by atoms with Gasteiger partial charge in [0.1, 0.15) is 11.5 Å². The standard InChI is InChI=1S/C12H15FIN3O2/c13-9-7-11(12(17(18)19)8-10(9)14)15-3-6-16-4-1-2-5-16/h7-8,15H,1-6H2. The predicted octanol–water partition coefficient (Wildman–Crippen LogP) is 2.85. The molecular weight excluding hydrogens is 364 g/mol. The second-order valence-electron chi connectivity index (χ2n) is 4.52. The molecule has 0 aromatic heterocycles. The summed E-state index contributed by atoms with van der Waals surface area (Å²) in [5.41, 5.74) is 0.175. The van der Waals surface area contributed by atoms with Crippen molar-refractivity contribution in [3.05, 3.63) is 31.6 Å². The zero-order valence-electron chi connectivity index (χ0n) is 10.4. The highest BCUT2D eigenvalue weighted by atomic mass is 127. The Labute approximate surface area is 124 Å². The third kappa shape index (κ3) is 3.75. The van der Waals surface area contributed by atoms with E-state index in [9.17, 15) is 14.5 Å². The van der Waals surface area contributed by atoms with Crippen LogP contribution in [-0.2, 0) is 0 Å². The summed E-state index contributed by atoms with van der Waals surface area (Å²) in [6.07, 6.45) is 2.41. The van der Waals surface area contributed by atoms with Crippen LogP contribution in [0.25, 0.3) is 0 Å². The summed E-state index contributed by atoms with van der Waals surface area (Å²) in [6.45, 7) is 3.56. The van der Waals surface area contributed by atoms with Gasteiger partial charge in [-0.05, 0) is 48.5 Å². The van der Waals surface area contributed by atoms with Crippen LogP contribution in [0.3, 0.4) is 0 Å². The molecule has 7 heteroatoms. The van der Waals surface area contributed by atoms with Crippen molar-refractivity contribution < 1.29 is 9.31 Å². The van der Waals surface area contributed by atoms with Gasteiger partial charge in [-0.2, -0.15) is 0 Å². The van der Waals surface area contributed by atoms with E-state index in [1.807, 2.05) is 0 Å². The van der Waals surface area contributed by atoms with Gasteiger partial charge in [-0.1, -0.05) is 0 Å². The van der Waals surface area contributed by atoms with E-state index in [0.29, 0.717) is 6.54 Å². The lowest BCUT2D eigenvalue weighted by Crippen LogP contribution is -2.26. The number of anilines is 1. The Kier molecular flexibility index (Phi) is 4.92. The minimum atomic E-state index is -0.486. The van der Waals surface area contributed by atoms with Gasteiger partial charge < -0.3 is 10.2 Å². The zero-order chi connectivity index (χ0) is 13.8. The van der Waals surface area contributed by atoms with E-state index in [2.05, 4.69) is 10.2 Å². The molecule has 19 heavy (non-hydrogen) atoms. The number of hydrogen-bond acceptors (Lipinski definition) is 4. The second kappa shape index (κ2) is 6.47. The number of halogens is 2. The van der Waals surface area contributed by atoms with Crippen LogP contribution in [0.4, 0.5) is 15.8 Å². The molecule has 0 spiro atoms. The molecule has 2 rings (SSSR count). The highest BCUT2D eigenvalue weighted by molar-refractivity contribution is 14.1. The molecule has 0 radical (unpaired) electrons. The van der Waals surface area contributed by atoms with Crippen molar-refractivity contribution in [2.45, 2.75) is 12.8 Å². The van der Waals surface area contributed by atoms with Gasteiger partial charge in [0.25, 0.3) is 5.69 Å². The van der Waals surface area contributed by atoms with E-state index in [1.165, 1.54) is 25.0 Å². The maximum Gasteiger partial charge on any atom is 0.293 e. The topological polar surface area (TPSA) is 58.4 Å². The minimum absolute atomic E-state index is 0.0766. The Morgan fingerprint density at radius 3 is 2.74 bits per heavy atom. The quantitative estimate of drug-likeness (QED) is 0.486. The average Bonchev–Trinajstić information content (AvgIpc) is 2.86. The number of nitrogens with zero attached hydrogens (tertiary/aromatic N) is 2. The monoisotopic (exact) mass is 379 g/mol. The van der Waals surface area contributed by atoms with Crippen molar-refractivity contribution in [2.75, 3.05) is 31.5 Å². The Hall–Kier alpha value is -0.960. The molecule has 104 valence electrons. The first-order valence-electron chi connectivity index (χ1n) is 6.17. The van der Waals surface area contributed by atoms with Crippen molar-refractivity contribution in [3.63, 3.8) is 0 Å². The third-order valence-corrected chi connectivity index (χ3v) is 4.00. The number of nitro benzene ring substituents is 1. The Balaban J connectivity index is 2.01. The van der Waals surface area contributed by atoms with Crippen LogP contribution >= 0.6 is 22.6 Å². The van der Waals surface area contributed by atoms with Crippen molar-refractivity contribution in [2.24, 2.45) is 0 Å². The molecule has 1 aliphatic heterocycles. The van der Waals surface area contributed by atoms with Gasteiger partial charge in [0.2, 0.25) is 0 Å². The molecule has 5 nitrogen and oxygen atoms in total. The van der Waals surface area contributed by atoms with Crippen LogP contribution in [-0.4, -0.2) is 36.0 Å². The molecule has 1 saturated heterocycles. The summed E-state index contributed by atoms with van der Waals surface area (Å²) in [7, 11) is 0. The molecule has 0 saturated carbocycles. The molecule has 0 aliphatic carbocycles. The Morgan fingerprint density at radius 1 is 1.42 bits per heavy atom. The lowest BCUT2D eigenvalue weighted by atomic mass is 10.2. The number of rotatable bonds is 5. The van der Waals surface area contributed by atoms with Crippen LogP contribution < -0.4 is 5.32 Å². The molecule has 1 heterocycles. The van der Waals surface area contributed by atoms with E-state index in [1.54, 1.807) is 22.6 Å². The van der Waals surface area contributed by atoms with E-state index >= 15 is 0 Å². The van der Waals surface area contributed by atoms with Crippen LogP contribution in [0.1, 0.15) is 12.8 Å². The van der Waals surface area contributed by atoms with Crippen molar-refractivity contribution in [3.8, 4) is 0 Å². The summed E-state index contributed by atoms with van der Waals surface area (Å²) in [4.78, 5) is 12.7. The average molecular weight is 379 g/mol. The molecule has 0 bridgehead atoms. The van der Waals surface area contributed by atoms with Gasteiger partial charge in [0.15, 0.2) is 0 Å². The molecule has 1 aromatic carbocycles. The van der Waals surface area contributed by atoms with Gasteiger partial charge in [-0.3, -0.25) is 10.1 Å². The summed E-state index contributed by atoms with van der Waals surface area (Å²) in [5.74, 6) is -0.435. The smallest absolute Gasteiger partial charge is 0.293 e. The Morgan fingerprint density at radius 2 is 2.11 bits per heavy atom. The van der Waals surface area contributed by atoms with Gasteiger partial charge >= 0.3 is 0 Å². The summed E-state index contributed by atoms with van der Waals surface area (Å²) in [5, 5.41) is 13.9. The third-order valence-electron chi connectivity index (χ3n) is 3.18. The molecule has 0 atom stereocenters. The molecule has 1 fully saturated rings. The second-order valence-corrected chi connectivity index (χ2v) is 5.68. The van der Waals surface area contributed by atoms with Gasteiger partial charge in [-0.25, -0.2) is 4.39 Å². The molecule has 1 aliphatic rings. The molecule has 0 amide bonds. The normalized spacial score (nSPS) is 15.7. The molecule has 1 N–H and O–H groups in total. The fraction of sp³-hybridized carbons (Fsp3) is 0.500. The van der Waals surface area contributed by atoms with Crippen LogP contribution in [0.5, 0.6) is 0 Å². The summed E-state index contributed by atoms with van der Waals surface area (Å²) in [6, 6.07) is 2.46. The van der Waals surface area contributed by atoms with E-state index in [4.69, 9.17) is 0 Å². The maximum absolute atomic E-state index is 13.5. The van der Waals surface area contributed by atoms with E-state index in [-0.39, 0.29) is 14.9 Å². The van der Waals surface area contributed by atoms with Crippen molar-refractivity contribution in [1.29, 1.82) is 0 Å². The number of hydrogen-bond donors (Lipinski definition) is 1. The van der Waals surface area contributed by atoms with Gasteiger partial charge in [0, 0.05) is 25.2 Å². The van der Waals surface area contributed by atoms with E-state index < -0.39 is 10.7 Å². The van der Waals surface area contributed by atoms with E-state index in [0.717, 1.165) is 19.6 Å². The number of nitrogens with one attached hydrogen (secondary N) is 1. The summed E-state index contributed by atoms with van der Waals surface area (Å²) >= 11 is 1.75. The molecule has 1 aromatic rings. The van der Waals surface area contributed by atoms with Gasteiger partial charge in [-0.15, -0.1) is 0 Å². The minimum Gasteiger partial charge on any atom is -0.378 e. The largest absolute Gasteiger partial charge is 0.378 e. The number of benzene rings is 1. The van der Waals surface area contributed by atoms with Crippen molar-refractivity contribution >= 4 is 34.0 Å². The first kappa shape index (κ1) is 14.4.